The Hall–Kier alpha value is -2.41. The van der Waals surface area contributed by atoms with Crippen molar-refractivity contribution in [3.05, 3.63) is 60.4 Å². The second-order valence-electron chi connectivity index (χ2n) is 8.78. The average molecular weight is 488 g/mol. The number of rotatable bonds is 15. The zero-order valence-corrected chi connectivity index (χ0v) is 21.0. The number of allylic oxidation sites excluding steroid dienone is 1. The van der Waals surface area contributed by atoms with Crippen LogP contribution in [0.3, 0.4) is 0 Å². The second-order valence-corrected chi connectivity index (χ2v) is 8.78. The molecular weight excluding hydrogens is 446 g/mol. The topological polar surface area (TPSA) is 99.5 Å². The summed E-state index contributed by atoms with van der Waals surface area (Å²) in [5, 5.41) is 31.0. The van der Waals surface area contributed by atoms with Gasteiger partial charge in [0.15, 0.2) is 0 Å². The summed E-state index contributed by atoms with van der Waals surface area (Å²) in [5.74, 6) is 0.0214. The SMILES string of the molecule is CCN(CC)CCOC(=O)CCC=C=CCC1C(O)CC(O)C1C=CC(O)COc1ccccc1. The molecule has 1 aliphatic rings. The molecule has 35 heavy (non-hydrogen) atoms. The van der Waals surface area contributed by atoms with Crippen LogP contribution in [0.5, 0.6) is 5.75 Å². The number of hydrogen-bond acceptors (Lipinski definition) is 7. The Kier molecular flexibility index (Phi) is 13.4. The number of aliphatic hydroxyl groups excluding tert-OH is 3. The molecule has 1 aromatic rings. The number of carbonyl (C=O) groups excluding carboxylic acids is 1. The molecule has 7 heteroatoms. The first kappa shape index (κ1) is 28.8. The van der Waals surface area contributed by atoms with Gasteiger partial charge in [0.05, 0.1) is 12.2 Å². The maximum atomic E-state index is 11.8. The van der Waals surface area contributed by atoms with Gasteiger partial charge in [-0.05, 0) is 56.1 Å². The fourth-order valence-electron chi connectivity index (χ4n) is 4.18. The molecule has 1 aromatic carbocycles. The summed E-state index contributed by atoms with van der Waals surface area (Å²) in [6.45, 7) is 7.30. The number of nitrogens with zero attached hydrogens (tertiary/aromatic N) is 1. The molecular formula is C28H41NO6. The lowest BCUT2D eigenvalue weighted by molar-refractivity contribution is -0.143. The number of para-hydroxylation sites is 1. The van der Waals surface area contributed by atoms with Crippen LogP contribution in [0.1, 0.15) is 39.5 Å². The first-order chi connectivity index (χ1) is 16.9. The maximum absolute atomic E-state index is 11.8. The molecule has 0 saturated heterocycles. The van der Waals surface area contributed by atoms with E-state index in [1.54, 1.807) is 18.2 Å². The minimum Gasteiger partial charge on any atom is -0.491 e. The molecule has 0 bridgehead atoms. The Bertz CT molecular complexity index is 816. The van der Waals surface area contributed by atoms with E-state index in [-0.39, 0.29) is 24.4 Å². The van der Waals surface area contributed by atoms with Gasteiger partial charge in [0.25, 0.3) is 0 Å². The maximum Gasteiger partial charge on any atom is 0.306 e. The van der Waals surface area contributed by atoms with Gasteiger partial charge in [-0.1, -0.05) is 44.2 Å². The molecule has 1 saturated carbocycles. The van der Waals surface area contributed by atoms with Crippen molar-refractivity contribution in [3.8, 4) is 5.75 Å². The molecule has 5 atom stereocenters. The van der Waals surface area contributed by atoms with Crippen LogP contribution >= 0.6 is 0 Å². The average Bonchev–Trinajstić information content (AvgIpc) is 3.13. The summed E-state index contributed by atoms with van der Waals surface area (Å²) in [4.78, 5) is 14.0. The van der Waals surface area contributed by atoms with Crippen molar-refractivity contribution in [2.75, 3.05) is 32.8 Å². The number of carbonyl (C=O) groups is 1. The summed E-state index contributed by atoms with van der Waals surface area (Å²) < 4.78 is 10.8. The third-order valence-corrected chi connectivity index (χ3v) is 6.32. The summed E-state index contributed by atoms with van der Waals surface area (Å²) in [6.07, 6.45) is 6.57. The van der Waals surface area contributed by atoms with Crippen molar-refractivity contribution in [1.82, 2.24) is 4.90 Å². The lowest BCUT2D eigenvalue weighted by Gasteiger charge is -2.19. The highest BCUT2D eigenvalue weighted by Crippen LogP contribution is 2.36. The van der Waals surface area contributed by atoms with Crippen molar-refractivity contribution in [2.24, 2.45) is 11.8 Å². The Balaban J connectivity index is 1.74. The molecule has 0 radical (unpaired) electrons. The van der Waals surface area contributed by atoms with Crippen molar-refractivity contribution in [1.29, 1.82) is 0 Å². The van der Waals surface area contributed by atoms with Crippen LogP contribution in [0, 0.1) is 11.8 Å². The second kappa shape index (κ2) is 16.3. The van der Waals surface area contributed by atoms with Crippen molar-refractivity contribution in [3.63, 3.8) is 0 Å². The van der Waals surface area contributed by atoms with E-state index >= 15 is 0 Å². The molecule has 1 aliphatic carbocycles. The van der Waals surface area contributed by atoms with Crippen molar-refractivity contribution >= 4 is 5.97 Å². The number of likely N-dealkylation sites (N-methyl/N-ethyl adjacent to an activating group) is 1. The molecule has 5 unspecified atom stereocenters. The van der Waals surface area contributed by atoms with Crippen LogP contribution in [0.2, 0.25) is 0 Å². The van der Waals surface area contributed by atoms with E-state index < -0.39 is 18.3 Å². The molecule has 0 spiro atoms. The monoisotopic (exact) mass is 487 g/mol. The van der Waals surface area contributed by atoms with E-state index in [9.17, 15) is 20.1 Å². The van der Waals surface area contributed by atoms with Crippen molar-refractivity contribution in [2.45, 2.75) is 57.8 Å². The van der Waals surface area contributed by atoms with Gasteiger partial charge in [0, 0.05) is 25.3 Å². The van der Waals surface area contributed by atoms with Gasteiger partial charge in [0.2, 0.25) is 0 Å². The highest BCUT2D eigenvalue weighted by molar-refractivity contribution is 5.69. The molecule has 7 nitrogen and oxygen atoms in total. The van der Waals surface area contributed by atoms with Gasteiger partial charge in [-0.25, -0.2) is 0 Å². The molecule has 2 rings (SSSR count). The fourth-order valence-corrected chi connectivity index (χ4v) is 4.18. The minimum absolute atomic E-state index is 0.108. The Morgan fingerprint density at radius 3 is 2.63 bits per heavy atom. The van der Waals surface area contributed by atoms with Crippen LogP contribution in [0.15, 0.2) is 60.4 Å². The highest BCUT2D eigenvalue weighted by atomic mass is 16.5. The third kappa shape index (κ3) is 10.8. The predicted octanol–water partition coefficient (Wildman–Crippen LogP) is 3.11. The summed E-state index contributed by atoms with van der Waals surface area (Å²) >= 11 is 0. The van der Waals surface area contributed by atoms with Crippen LogP contribution in [-0.2, 0) is 9.53 Å². The smallest absolute Gasteiger partial charge is 0.306 e. The lowest BCUT2D eigenvalue weighted by atomic mass is 9.90. The number of esters is 1. The number of benzene rings is 1. The lowest BCUT2D eigenvalue weighted by Crippen LogP contribution is -2.27. The van der Waals surface area contributed by atoms with E-state index in [0.29, 0.717) is 38.0 Å². The number of aliphatic hydroxyl groups is 3. The van der Waals surface area contributed by atoms with E-state index in [2.05, 4.69) is 24.5 Å². The van der Waals surface area contributed by atoms with Gasteiger partial charge in [0.1, 0.15) is 25.1 Å². The van der Waals surface area contributed by atoms with Crippen LogP contribution in [-0.4, -0.2) is 77.3 Å². The molecule has 0 aromatic heterocycles. The van der Waals surface area contributed by atoms with Crippen LogP contribution < -0.4 is 4.74 Å². The Morgan fingerprint density at radius 2 is 1.91 bits per heavy atom. The minimum atomic E-state index is -0.817. The van der Waals surface area contributed by atoms with Crippen molar-refractivity contribution < 1.29 is 29.6 Å². The normalized spacial score (nSPS) is 22.7. The molecule has 3 N–H and O–H groups in total. The molecule has 0 heterocycles. The largest absolute Gasteiger partial charge is 0.491 e. The van der Waals surface area contributed by atoms with Gasteiger partial charge >= 0.3 is 5.97 Å². The number of hydrogen-bond donors (Lipinski definition) is 3. The first-order valence-electron chi connectivity index (χ1n) is 12.6. The highest BCUT2D eigenvalue weighted by Gasteiger charge is 2.39. The van der Waals surface area contributed by atoms with Crippen LogP contribution in [0.25, 0.3) is 0 Å². The summed E-state index contributed by atoms with van der Waals surface area (Å²) in [5.41, 5.74) is 3.07. The van der Waals surface area contributed by atoms with E-state index in [1.807, 2.05) is 36.4 Å². The van der Waals surface area contributed by atoms with Gasteiger partial charge in [-0.2, -0.15) is 0 Å². The fraction of sp³-hybridized carbons (Fsp3) is 0.571. The van der Waals surface area contributed by atoms with E-state index in [4.69, 9.17) is 9.47 Å². The van der Waals surface area contributed by atoms with Gasteiger partial charge < -0.3 is 29.7 Å². The van der Waals surface area contributed by atoms with Gasteiger partial charge in [-0.15, -0.1) is 5.73 Å². The summed E-state index contributed by atoms with van der Waals surface area (Å²) in [6, 6.07) is 9.25. The quantitative estimate of drug-likeness (QED) is 0.199. The summed E-state index contributed by atoms with van der Waals surface area (Å²) in [7, 11) is 0. The standard InChI is InChI=1S/C28H41NO6/c1-3-29(4-2)18-19-34-28(33)15-11-6-5-10-14-24-25(27(32)20-26(24)31)17-16-22(30)21-35-23-12-8-7-9-13-23/h6-10,12-13,16-17,22,24-27,30-32H,3-4,11,14-15,18-21H2,1-2H3. The predicted molar refractivity (Wildman–Crippen MR) is 136 cm³/mol. The van der Waals surface area contributed by atoms with E-state index in [1.165, 1.54) is 0 Å². The molecule has 194 valence electrons. The molecule has 0 aliphatic heterocycles. The molecule has 1 fully saturated rings. The van der Waals surface area contributed by atoms with E-state index in [0.717, 1.165) is 19.6 Å². The Labute approximate surface area is 209 Å². The Morgan fingerprint density at radius 1 is 1.17 bits per heavy atom. The van der Waals surface area contributed by atoms with Gasteiger partial charge in [-0.3, -0.25) is 4.79 Å². The molecule has 0 amide bonds. The number of ether oxygens (including phenoxy) is 2. The first-order valence-corrected chi connectivity index (χ1v) is 12.6. The zero-order valence-electron chi connectivity index (χ0n) is 21.0. The zero-order chi connectivity index (χ0) is 25.5. The third-order valence-electron chi connectivity index (χ3n) is 6.32. The van der Waals surface area contributed by atoms with Crippen LogP contribution in [0.4, 0.5) is 0 Å².